The lowest BCUT2D eigenvalue weighted by Gasteiger charge is -2.39. The lowest BCUT2D eigenvalue weighted by molar-refractivity contribution is 0.436. The van der Waals surface area contributed by atoms with Gasteiger partial charge < -0.3 is 14.4 Å². The van der Waals surface area contributed by atoms with Crippen LogP contribution in [0.25, 0.3) is 55.3 Å². The minimum absolute atomic E-state index is 0.621. The van der Waals surface area contributed by atoms with Crippen LogP contribution in [0.3, 0.4) is 0 Å². The molecule has 16 rings (SSSR count). The number of anilines is 3. The van der Waals surface area contributed by atoms with Crippen molar-refractivity contribution in [2.45, 2.75) is 10.8 Å². The zero-order valence-corrected chi connectivity index (χ0v) is 40.7. The van der Waals surface area contributed by atoms with Crippen LogP contribution in [0.2, 0.25) is 0 Å². The van der Waals surface area contributed by atoms with E-state index in [4.69, 9.17) is 9.47 Å². The Hall–Kier alpha value is -9.70. The average molecular weight is 956 g/mol. The standard InChI is InChI=1S/C72H45NO2/c1-2-18-46(19-3-1)47-36-38-48(39-37-47)49-40-42-51(43-41-49)73(65-31-17-29-62-70(65)53-22-5-7-24-57(53)71(62)58-25-8-12-32-66(58)74-67-33-13-9-26-59(67)71)64-30-16-20-50-44-55-52-21-4-6-23-56(52)72(63(55)45-54(50)64)60-27-10-14-34-68(60)75-69-35-15-11-28-61(69)72/h1-45H. The van der Waals surface area contributed by atoms with Gasteiger partial charge in [0, 0.05) is 38.9 Å². The van der Waals surface area contributed by atoms with Crippen LogP contribution in [0.15, 0.2) is 273 Å². The molecule has 350 valence electrons. The Balaban J connectivity index is 0.963. The molecule has 0 unspecified atom stereocenters. The molecule has 0 saturated heterocycles. The van der Waals surface area contributed by atoms with Crippen LogP contribution in [0.5, 0.6) is 23.0 Å². The molecule has 0 saturated carbocycles. The van der Waals surface area contributed by atoms with Crippen molar-refractivity contribution in [3.05, 3.63) is 317 Å². The molecule has 4 aliphatic rings. The first-order valence-corrected chi connectivity index (χ1v) is 25.9. The number of fused-ring (bicyclic) bond motifs is 19. The van der Waals surface area contributed by atoms with Crippen molar-refractivity contribution in [2.75, 3.05) is 4.90 Å². The first-order valence-electron chi connectivity index (χ1n) is 25.9. The lowest BCUT2D eigenvalue weighted by atomic mass is 9.66. The van der Waals surface area contributed by atoms with Gasteiger partial charge >= 0.3 is 0 Å². The number of hydrogen-bond donors (Lipinski definition) is 0. The first-order chi connectivity index (χ1) is 37.2. The van der Waals surface area contributed by atoms with Crippen LogP contribution < -0.4 is 14.4 Å². The molecule has 0 bridgehead atoms. The summed E-state index contributed by atoms with van der Waals surface area (Å²) in [4.78, 5) is 2.53. The van der Waals surface area contributed by atoms with Crippen LogP contribution in [-0.4, -0.2) is 0 Å². The average Bonchev–Trinajstić information content (AvgIpc) is 4.03. The van der Waals surface area contributed by atoms with Crippen molar-refractivity contribution in [2.24, 2.45) is 0 Å². The molecular weight excluding hydrogens is 911 g/mol. The van der Waals surface area contributed by atoms with Gasteiger partial charge in [-0.2, -0.15) is 0 Å². The van der Waals surface area contributed by atoms with E-state index in [1.54, 1.807) is 0 Å². The van der Waals surface area contributed by atoms with Crippen LogP contribution >= 0.6 is 0 Å². The number of ether oxygens (including phenoxy) is 2. The highest BCUT2D eigenvalue weighted by Gasteiger charge is 2.53. The van der Waals surface area contributed by atoms with Gasteiger partial charge in [0.15, 0.2) is 0 Å². The first kappa shape index (κ1) is 41.9. The van der Waals surface area contributed by atoms with Crippen molar-refractivity contribution in [3.63, 3.8) is 0 Å². The van der Waals surface area contributed by atoms with Gasteiger partial charge in [-0.05, 0) is 127 Å². The van der Waals surface area contributed by atoms with E-state index in [2.05, 4.69) is 278 Å². The van der Waals surface area contributed by atoms with Gasteiger partial charge in [0.25, 0.3) is 0 Å². The Kier molecular flexibility index (Phi) is 8.88. The molecule has 0 radical (unpaired) electrons. The number of nitrogens with zero attached hydrogens (tertiary/aromatic N) is 1. The Morgan fingerprint density at radius 2 is 0.680 bits per heavy atom. The van der Waals surface area contributed by atoms with Crippen molar-refractivity contribution < 1.29 is 9.47 Å². The van der Waals surface area contributed by atoms with Crippen LogP contribution in [-0.2, 0) is 10.8 Å². The highest BCUT2D eigenvalue weighted by molar-refractivity contribution is 6.07. The molecule has 3 heteroatoms. The summed E-state index contributed by atoms with van der Waals surface area (Å²) in [5, 5.41) is 2.33. The molecule has 2 aliphatic heterocycles. The molecule has 12 aromatic rings. The monoisotopic (exact) mass is 955 g/mol. The van der Waals surface area contributed by atoms with E-state index >= 15 is 0 Å². The zero-order valence-electron chi connectivity index (χ0n) is 40.7. The fraction of sp³-hybridized carbons (Fsp3) is 0.0278. The van der Waals surface area contributed by atoms with E-state index in [1.807, 2.05) is 0 Å². The number of rotatable bonds is 5. The van der Waals surface area contributed by atoms with Crippen molar-refractivity contribution >= 4 is 27.8 Å². The van der Waals surface area contributed by atoms with Gasteiger partial charge in [0.2, 0.25) is 0 Å². The third-order valence-corrected chi connectivity index (χ3v) is 16.6. The molecule has 3 nitrogen and oxygen atoms in total. The van der Waals surface area contributed by atoms with Gasteiger partial charge in [-0.15, -0.1) is 0 Å². The van der Waals surface area contributed by atoms with E-state index in [1.165, 1.54) is 66.6 Å². The normalized spacial score (nSPS) is 14.0. The summed E-state index contributed by atoms with van der Waals surface area (Å²) < 4.78 is 13.5. The molecule has 0 aromatic heterocycles. The van der Waals surface area contributed by atoms with E-state index in [0.717, 1.165) is 73.3 Å². The number of benzene rings is 12. The predicted molar refractivity (Wildman–Crippen MR) is 304 cm³/mol. The smallest absolute Gasteiger partial charge is 0.132 e. The Bertz CT molecular complexity index is 4220. The maximum Gasteiger partial charge on any atom is 0.132 e. The maximum atomic E-state index is 6.77. The molecular formula is C72H45NO2. The number of hydrogen-bond acceptors (Lipinski definition) is 3. The minimum atomic E-state index is -0.629. The second kappa shape index (κ2) is 15.9. The van der Waals surface area contributed by atoms with E-state index < -0.39 is 10.8 Å². The summed E-state index contributed by atoms with van der Waals surface area (Å²) in [6, 6.07) is 100. The molecule has 2 heterocycles. The minimum Gasteiger partial charge on any atom is -0.457 e. The van der Waals surface area contributed by atoms with Gasteiger partial charge in [0.05, 0.1) is 22.2 Å². The van der Waals surface area contributed by atoms with E-state index in [-0.39, 0.29) is 0 Å². The van der Waals surface area contributed by atoms with Crippen molar-refractivity contribution in [1.82, 2.24) is 0 Å². The van der Waals surface area contributed by atoms with Crippen LogP contribution in [0.1, 0.15) is 44.5 Å². The Labute approximate surface area is 435 Å². The molecule has 0 N–H and O–H groups in total. The molecule has 0 amide bonds. The third kappa shape index (κ3) is 5.75. The van der Waals surface area contributed by atoms with Gasteiger partial charge in [-0.1, -0.05) is 212 Å². The summed E-state index contributed by atoms with van der Waals surface area (Å²) in [7, 11) is 0. The molecule has 2 aliphatic carbocycles. The quantitative estimate of drug-likeness (QED) is 0.172. The topological polar surface area (TPSA) is 21.7 Å². The SMILES string of the molecule is c1ccc(-c2ccc(-c3ccc(N(c4cccc5c4-c4ccccc4C54c5ccccc5Oc5ccccc54)c4cccc5cc6c(cc45)C4(c5ccccc5Oc5ccccc54)c4ccccc4-6)cc3)cc2)cc1. The van der Waals surface area contributed by atoms with Crippen molar-refractivity contribution in [3.8, 4) is 67.5 Å². The molecule has 12 aromatic carbocycles. The summed E-state index contributed by atoms with van der Waals surface area (Å²) in [5.74, 6) is 3.52. The summed E-state index contributed by atoms with van der Waals surface area (Å²) in [6.07, 6.45) is 0. The highest BCUT2D eigenvalue weighted by atomic mass is 16.5. The van der Waals surface area contributed by atoms with Crippen LogP contribution in [0, 0.1) is 0 Å². The predicted octanol–water partition coefficient (Wildman–Crippen LogP) is 18.6. The molecule has 2 spiro atoms. The Morgan fingerprint density at radius 3 is 1.25 bits per heavy atom. The largest absolute Gasteiger partial charge is 0.457 e. The van der Waals surface area contributed by atoms with Gasteiger partial charge in [0.1, 0.15) is 23.0 Å². The summed E-state index contributed by atoms with van der Waals surface area (Å²) >= 11 is 0. The van der Waals surface area contributed by atoms with Gasteiger partial charge in [-0.25, -0.2) is 0 Å². The lowest BCUT2D eigenvalue weighted by Crippen LogP contribution is -2.32. The summed E-state index contributed by atoms with van der Waals surface area (Å²) in [6.45, 7) is 0. The fourth-order valence-electron chi connectivity index (χ4n) is 13.6. The molecule has 75 heavy (non-hydrogen) atoms. The molecule has 0 fully saturated rings. The van der Waals surface area contributed by atoms with E-state index in [0.29, 0.717) is 0 Å². The van der Waals surface area contributed by atoms with E-state index in [9.17, 15) is 0 Å². The zero-order chi connectivity index (χ0) is 49.2. The maximum absolute atomic E-state index is 6.77. The number of para-hydroxylation sites is 4. The fourth-order valence-corrected chi connectivity index (χ4v) is 13.6. The Morgan fingerprint density at radius 1 is 0.267 bits per heavy atom. The summed E-state index contributed by atoms with van der Waals surface area (Å²) in [5.41, 5.74) is 21.2. The highest BCUT2D eigenvalue weighted by Crippen LogP contribution is 2.66. The second-order valence-electron chi connectivity index (χ2n) is 20.2. The van der Waals surface area contributed by atoms with Gasteiger partial charge in [-0.3, -0.25) is 0 Å². The second-order valence-corrected chi connectivity index (χ2v) is 20.2. The van der Waals surface area contributed by atoms with Crippen LogP contribution in [0.4, 0.5) is 17.1 Å². The third-order valence-electron chi connectivity index (χ3n) is 16.6. The molecule has 0 atom stereocenters. The van der Waals surface area contributed by atoms with Crippen molar-refractivity contribution in [1.29, 1.82) is 0 Å².